The average Bonchev–Trinajstić information content (AvgIpc) is 2.55. The fourth-order valence-electron chi connectivity index (χ4n) is 2.52. The normalized spacial score (nSPS) is 11.1. The van der Waals surface area contributed by atoms with Crippen LogP contribution in [0.15, 0.2) is 16.9 Å². The van der Waals surface area contributed by atoms with Gasteiger partial charge in [-0.1, -0.05) is 23.2 Å². The highest BCUT2D eigenvalue weighted by molar-refractivity contribution is 6.37. The zero-order chi connectivity index (χ0) is 18.3. The predicted octanol–water partition coefficient (Wildman–Crippen LogP) is 4.44. The number of nitrogens with one attached hydrogen (secondary N) is 1. The maximum absolute atomic E-state index is 12.3. The van der Waals surface area contributed by atoms with Gasteiger partial charge in [0.2, 0.25) is 0 Å². The number of rotatable bonds is 3. The van der Waals surface area contributed by atoms with Gasteiger partial charge in [0.15, 0.2) is 5.75 Å². The maximum Gasteiger partial charge on any atom is 0.273 e. The number of hydrogen-bond acceptors (Lipinski definition) is 4. The highest BCUT2D eigenvalue weighted by Crippen LogP contribution is 2.36. The van der Waals surface area contributed by atoms with Crippen LogP contribution in [0.3, 0.4) is 0 Å². The number of aromatic nitrogens is 3. The van der Waals surface area contributed by atoms with E-state index in [1.165, 1.54) is 0 Å². The number of halogens is 2. The minimum atomic E-state index is -0.300. The first-order valence-corrected chi connectivity index (χ1v) is 8.48. The van der Waals surface area contributed by atoms with E-state index in [2.05, 4.69) is 15.0 Å². The van der Waals surface area contributed by atoms with Gasteiger partial charge in [0.25, 0.3) is 5.56 Å². The SMILES string of the molecule is Cc1cc2nc(COc3c(Cl)c(C)nc(C)c3Cl)c(=O)[nH]c2cc1C. The molecule has 0 spiro atoms. The van der Waals surface area contributed by atoms with E-state index in [0.717, 1.165) is 11.1 Å². The number of aromatic amines is 1. The Hall–Kier alpha value is -2.11. The molecule has 5 nitrogen and oxygen atoms in total. The van der Waals surface area contributed by atoms with Crippen molar-refractivity contribution < 1.29 is 4.74 Å². The Morgan fingerprint density at radius 3 is 2.24 bits per heavy atom. The van der Waals surface area contributed by atoms with Gasteiger partial charge in [-0.2, -0.15) is 0 Å². The molecule has 0 amide bonds. The van der Waals surface area contributed by atoms with Crippen LogP contribution in [0.2, 0.25) is 10.0 Å². The van der Waals surface area contributed by atoms with E-state index in [4.69, 9.17) is 27.9 Å². The van der Waals surface area contributed by atoms with Crippen molar-refractivity contribution in [3.8, 4) is 5.75 Å². The van der Waals surface area contributed by atoms with Crippen molar-refractivity contribution in [1.82, 2.24) is 15.0 Å². The van der Waals surface area contributed by atoms with Gasteiger partial charge in [-0.05, 0) is 51.0 Å². The van der Waals surface area contributed by atoms with Gasteiger partial charge < -0.3 is 9.72 Å². The summed E-state index contributed by atoms with van der Waals surface area (Å²) < 4.78 is 5.71. The van der Waals surface area contributed by atoms with Crippen LogP contribution in [-0.4, -0.2) is 15.0 Å². The highest BCUT2D eigenvalue weighted by Gasteiger charge is 2.16. The molecule has 0 fully saturated rings. The molecule has 0 aliphatic heterocycles. The van der Waals surface area contributed by atoms with Crippen LogP contribution in [0, 0.1) is 27.7 Å². The van der Waals surface area contributed by atoms with Gasteiger partial charge in [-0.25, -0.2) is 4.98 Å². The van der Waals surface area contributed by atoms with Gasteiger partial charge in [-0.15, -0.1) is 0 Å². The second-order valence-corrected chi connectivity index (χ2v) is 6.75. The number of fused-ring (bicyclic) bond motifs is 1. The van der Waals surface area contributed by atoms with Gasteiger partial charge in [0.05, 0.1) is 22.4 Å². The van der Waals surface area contributed by atoms with Gasteiger partial charge in [-0.3, -0.25) is 9.78 Å². The van der Waals surface area contributed by atoms with Crippen molar-refractivity contribution in [2.24, 2.45) is 0 Å². The molecular weight excluding hydrogens is 361 g/mol. The van der Waals surface area contributed by atoms with E-state index in [0.29, 0.717) is 38.2 Å². The topological polar surface area (TPSA) is 67.9 Å². The lowest BCUT2D eigenvalue weighted by Crippen LogP contribution is -2.17. The van der Waals surface area contributed by atoms with Crippen molar-refractivity contribution >= 4 is 34.2 Å². The summed E-state index contributed by atoms with van der Waals surface area (Å²) in [7, 11) is 0. The Bertz CT molecular complexity index is 1020. The van der Waals surface area contributed by atoms with Crippen molar-refractivity contribution in [3.05, 3.63) is 60.7 Å². The fraction of sp³-hybridized carbons (Fsp3) is 0.278. The standard InChI is InChI=1S/C18H17Cl2N3O2/c1-8-5-12-13(6-9(8)2)23-18(24)14(22-12)7-25-17-15(19)10(3)21-11(4)16(17)20/h5-6H,7H2,1-4H3,(H,23,24). The summed E-state index contributed by atoms with van der Waals surface area (Å²) in [6, 6.07) is 3.85. The third kappa shape index (κ3) is 3.34. The lowest BCUT2D eigenvalue weighted by atomic mass is 10.1. The molecule has 0 atom stereocenters. The van der Waals surface area contributed by atoms with Crippen molar-refractivity contribution in [2.75, 3.05) is 0 Å². The molecular formula is C18H17Cl2N3O2. The van der Waals surface area contributed by atoms with E-state index in [1.807, 2.05) is 26.0 Å². The molecule has 3 aromatic rings. The van der Waals surface area contributed by atoms with Crippen LogP contribution in [0.4, 0.5) is 0 Å². The first kappa shape index (κ1) is 17.7. The van der Waals surface area contributed by atoms with Crippen molar-refractivity contribution in [3.63, 3.8) is 0 Å². The maximum atomic E-state index is 12.3. The highest BCUT2D eigenvalue weighted by atomic mass is 35.5. The third-order valence-corrected chi connectivity index (χ3v) is 4.99. The third-order valence-electron chi connectivity index (χ3n) is 4.10. The summed E-state index contributed by atoms with van der Waals surface area (Å²) in [5.41, 5.74) is 4.79. The molecule has 130 valence electrons. The molecule has 0 bridgehead atoms. The van der Waals surface area contributed by atoms with Crippen LogP contribution >= 0.6 is 23.2 Å². The van der Waals surface area contributed by atoms with Gasteiger partial charge in [0, 0.05) is 0 Å². The minimum Gasteiger partial charge on any atom is -0.484 e. The van der Waals surface area contributed by atoms with Crippen LogP contribution in [0.1, 0.15) is 28.2 Å². The fourth-order valence-corrected chi connectivity index (χ4v) is 2.95. The molecule has 0 radical (unpaired) electrons. The smallest absolute Gasteiger partial charge is 0.273 e. The Balaban J connectivity index is 1.98. The number of aryl methyl sites for hydroxylation is 4. The molecule has 0 aliphatic rings. The summed E-state index contributed by atoms with van der Waals surface area (Å²) >= 11 is 12.5. The molecule has 0 aliphatic carbocycles. The Morgan fingerprint density at radius 1 is 1.00 bits per heavy atom. The average molecular weight is 378 g/mol. The molecule has 3 rings (SSSR count). The molecule has 0 saturated heterocycles. The number of benzene rings is 1. The number of pyridine rings is 1. The summed E-state index contributed by atoms with van der Waals surface area (Å²) in [5.74, 6) is 0.315. The Labute approximate surface area is 155 Å². The summed E-state index contributed by atoms with van der Waals surface area (Å²) in [5, 5.41) is 0.665. The molecule has 7 heteroatoms. The van der Waals surface area contributed by atoms with E-state index in [1.54, 1.807) is 13.8 Å². The molecule has 2 aromatic heterocycles. The predicted molar refractivity (Wildman–Crippen MR) is 99.9 cm³/mol. The van der Waals surface area contributed by atoms with Crippen LogP contribution < -0.4 is 10.3 Å². The van der Waals surface area contributed by atoms with E-state index < -0.39 is 0 Å². The van der Waals surface area contributed by atoms with Crippen molar-refractivity contribution in [2.45, 2.75) is 34.3 Å². The zero-order valence-corrected chi connectivity index (χ0v) is 15.8. The second-order valence-electron chi connectivity index (χ2n) is 5.99. The Morgan fingerprint density at radius 2 is 1.60 bits per heavy atom. The summed E-state index contributed by atoms with van der Waals surface area (Å²) in [6.07, 6.45) is 0. The quantitative estimate of drug-likeness (QED) is 0.732. The lowest BCUT2D eigenvalue weighted by molar-refractivity contribution is 0.299. The molecule has 1 N–H and O–H groups in total. The molecule has 2 heterocycles. The molecule has 0 unspecified atom stereocenters. The largest absolute Gasteiger partial charge is 0.484 e. The molecule has 0 saturated carbocycles. The number of hydrogen-bond donors (Lipinski definition) is 1. The van der Waals surface area contributed by atoms with Gasteiger partial charge >= 0.3 is 0 Å². The first-order chi connectivity index (χ1) is 11.8. The zero-order valence-electron chi connectivity index (χ0n) is 14.3. The van der Waals surface area contributed by atoms with Gasteiger partial charge in [0.1, 0.15) is 22.3 Å². The van der Waals surface area contributed by atoms with Crippen molar-refractivity contribution in [1.29, 1.82) is 0 Å². The Kier molecular flexibility index (Phi) is 4.71. The lowest BCUT2D eigenvalue weighted by Gasteiger charge is -2.13. The van der Waals surface area contributed by atoms with E-state index >= 15 is 0 Å². The number of ether oxygens (including phenoxy) is 1. The van der Waals surface area contributed by atoms with Crippen LogP contribution in [0.5, 0.6) is 5.75 Å². The number of nitrogens with zero attached hydrogens (tertiary/aromatic N) is 2. The summed E-state index contributed by atoms with van der Waals surface area (Å²) in [6.45, 7) is 7.48. The summed E-state index contributed by atoms with van der Waals surface area (Å²) in [4.78, 5) is 23.8. The monoisotopic (exact) mass is 377 g/mol. The second kappa shape index (κ2) is 6.65. The van der Waals surface area contributed by atoms with Crippen LogP contribution in [0.25, 0.3) is 11.0 Å². The molecule has 25 heavy (non-hydrogen) atoms. The number of H-pyrrole nitrogens is 1. The first-order valence-electron chi connectivity index (χ1n) is 7.73. The van der Waals surface area contributed by atoms with E-state index in [9.17, 15) is 4.79 Å². The molecule has 1 aromatic carbocycles. The van der Waals surface area contributed by atoms with Crippen LogP contribution in [-0.2, 0) is 6.61 Å². The van der Waals surface area contributed by atoms with E-state index in [-0.39, 0.29) is 17.9 Å². The minimum absolute atomic E-state index is 0.0411.